The summed E-state index contributed by atoms with van der Waals surface area (Å²) in [6.07, 6.45) is 0. The van der Waals surface area contributed by atoms with Gasteiger partial charge in [-0.25, -0.2) is 0 Å². The summed E-state index contributed by atoms with van der Waals surface area (Å²) < 4.78 is 0.865. The molecule has 0 bridgehead atoms. The largest absolute Gasteiger partial charge is 0.368 e. The van der Waals surface area contributed by atoms with Crippen molar-refractivity contribution < 1.29 is 4.79 Å². The summed E-state index contributed by atoms with van der Waals surface area (Å²) in [6.45, 7) is 1.89. The molecule has 0 aromatic carbocycles. The Bertz CT molecular complexity index is 314. The number of rotatable bonds is 5. The Labute approximate surface area is 90.5 Å². The van der Waals surface area contributed by atoms with Gasteiger partial charge in [-0.15, -0.1) is 10.2 Å². The van der Waals surface area contributed by atoms with Crippen LogP contribution in [-0.4, -0.2) is 34.9 Å². The zero-order chi connectivity index (χ0) is 10.6. The third kappa shape index (κ3) is 3.24. The fourth-order valence-corrected chi connectivity index (χ4v) is 2.76. The zero-order valence-electron chi connectivity index (χ0n) is 7.98. The van der Waals surface area contributed by atoms with Crippen LogP contribution in [0.25, 0.3) is 0 Å². The summed E-state index contributed by atoms with van der Waals surface area (Å²) in [7, 11) is 1.71. The number of thioether (sulfide) groups is 1. The van der Waals surface area contributed by atoms with Crippen LogP contribution in [0.4, 0.5) is 0 Å². The molecule has 1 unspecified atom stereocenters. The first-order chi connectivity index (χ1) is 6.63. The number of hydrogen-bond acceptors (Lipinski definition) is 6. The number of aromatic nitrogens is 2. The van der Waals surface area contributed by atoms with Gasteiger partial charge in [0.1, 0.15) is 5.01 Å². The minimum absolute atomic E-state index is 0.316. The van der Waals surface area contributed by atoms with E-state index in [4.69, 9.17) is 5.73 Å². The zero-order valence-corrected chi connectivity index (χ0v) is 9.61. The molecule has 0 aliphatic rings. The van der Waals surface area contributed by atoms with Gasteiger partial charge in [0.15, 0.2) is 4.34 Å². The Morgan fingerprint density at radius 3 is 2.86 bits per heavy atom. The molecule has 5 nitrogen and oxygen atoms in total. The van der Waals surface area contributed by atoms with Gasteiger partial charge in [0.05, 0.1) is 6.04 Å². The molecule has 0 aliphatic carbocycles. The van der Waals surface area contributed by atoms with E-state index in [1.54, 1.807) is 7.05 Å². The molecule has 1 heterocycles. The van der Waals surface area contributed by atoms with E-state index in [2.05, 4.69) is 15.5 Å². The number of likely N-dealkylation sites (N-methyl/N-ethyl adjacent to an activating group) is 1. The van der Waals surface area contributed by atoms with E-state index in [0.717, 1.165) is 9.35 Å². The quantitative estimate of drug-likeness (QED) is 0.699. The lowest BCUT2D eigenvalue weighted by Gasteiger charge is -2.09. The van der Waals surface area contributed by atoms with Crippen LogP contribution in [0.3, 0.4) is 0 Å². The molecule has 0 aliphatic heterocycles. The fraction of sp³-hybridized carbons (Fsp3) is 0.571. The third-order valence-corrected chi connectivity index (χ3v) is 3.64. The van der Waals surface area contributed by atoms with E-state index in [9.17, 15) is 4.79 Å². The lowest BCUT2D eigenvalue weighted by molar-refractivity contribution is -0.119. The Kier molecular flexibility index (Phi) is 4.30. The van der Waals surface area contributed by atoms with Crippen LogP contribution in [0.1, 0.15) is 5.01 Å². The van der Waals surface area contributed by atoms with Crippen molar-refractivity contribution in [3.05, 3.63) is 5.01 Å². The molecule has 3 N–H and O–H groups in total. The molecule has 1 aromatic heterocycles. The Hall–Kier alpha value is -0.660. The summed E-state index contributed by atoms with van der Waals surface area (Å²) in [5.74, 6) is 0.238. The van der Waals surface area contributed by atoms with Crippen LogP contribution in [0.2, 0.25) is 0 Å². The van der Waals surface area contributed by atoms with Crippen LogP contribution >= 0.6 is 23.1 Å². The Morgan fingerprint density at radius 2 is 2.43 bits per heavy atom. The van der Waals surface area contributed by atoms with Crippen LogP contribution in [-0.2, 0) is 4.79 Å². The van der Waals surface area contributed by atoms with E-state index >= 15 is 0 Å². The van der Waals surface area contributed by atoms with Crippen molar-refractivity contribution in [2.75, 3.05) is 12.8 Å². The second-order valence-corrected chi connectivity index (χ2v) is 5.09. The molecule has 1 atom stereocenters. The number of nitrogens with one attached hydrogen (secondary N) is 1. The minimum atomic E-state index is -0.346. The third-order valence-electron chi connectivity index (χ3n) is 1.57. The Morgan fingerprint density at radius 1 is 1.71 bits per heavy atom. The van der Waals surface area contributed by atoms with Crippen LogP contribution in [0.15, 0.2) is 4.34 Å². The van der Waals surface area contributed by atoms with Gasteiger partial charge < -0.3 is 11.1 Å². The highest BCUT2D eigenvalue weighted by Crippen LogP contribution is 2.22. The first kappa shape index (κ1) is 11.4. The maximum Gasteiger partial charge on any atom is 0.235 e. The van der Waals surface area contributed by atoms with Crippen molar-refractivity contribution in [2.45, 2.75) is 17.3 Å². The van der Waals surface area contributed by atoms with Gasteiger partial charge in [-0.2, -0.15) is 0 Å². The molecule has 0 spiro atoms. The number of primary amides is 1. The normalized spacial score (nSPS) is 12.7. The van der Waals surface area contributed by atoms with E-state index in [-0.39, 0.29) is 11.9 Å². The molecule has 1 amide bonds. The van der Waals surface area contributed by atoms with Gasteiger partial charge in [0.25, 0.3) is 0 Å². The van der Waals surface area contributed by atoms with Gasteiger partial charge in [0.2, 0.25) is 5.91 Å². The SMILES string of the molecule is CNC(CSc1nnc(C)s1)C(N)=O. The standard InChI is InChI=1S/C7H12N4OS2/c1-4-10-11-7(14-4)13-3-5(9-2)6(8)12/h5,9H,3H2,1-2H3,(H2,8,12). The molecule has 0 saturated heterocycles. The first-order valence-corrected chi connectivity index (χ1v) is 5.83. The van der Waals surface area contributed by atoms with Gasteiger partial charge in [-0.05, 0) is 14.0 Å². The molecule has 0 fully saturated rings. The number of aryl methyl sites for hydroxylation is 1. The predicted octanol–water partition coefficient (Wildman–Crippen LogP) is 0.0119. The number of carbonyl (C=O) groups excluding carboxylic acids is 1. The number of hydrogen-bond donors (Lipinski definition) is 2. The summed E-state index contributed by atoms with van der Waals surface area (Å²) in [5, 5.41) is 11.6. The highest BCUT2D eigenvalue weighted by Gasteiger charge is 2.13. The predicted molar refractivity (Wildman–Crippen MR) is 57.4 cm³/mol. The molecule has 78 valence electrons. The molecule has 7 heteroatoms. The van der Waals surface area contributed by atoms with Crippen molar-refractivity contribution >= 4 is 29.0 Å². The van der Waals surface area contributed by atoms with Gasteiger partial charge >= 0.3 is 0 Å². The van der Waals surface area contributed by atoms with Crippen molar-refractivity contribution in [2.24, 2.45) is 5.73 Å². The molecule has 0 radical (unpaired) electrons. The van der Waals surface area contributed by atoms with Gasteiger partial charge in [-0.3, -0.25) is 4.79 Å². The summed E-state index contributed by atoms with van der Waals surface area (Å²) in [6, 6.07) is -0.316. The van der Waals surface area contributed by atoms with Crippen molar-refractivity contribution in [3.63, 3.8) is 0 Å². The lowest BCUT2D eigenvalue weighted by Crippen LogP contribution is -2.41. The van der Waals surface area contributed by atoms with E-state index in [0.29, 0.717) is 5.75 Å². The summed E-state index contributed by atoms with van der Waals surface area (Å²) in [5.41, 5.74) is 5.17. The number of carbonyl (C=O) groups is 1. The van der Waals surface area contributed by atoms with E-state index in [1.165, 1.54) is 23.1 Å². The molecule has 0 saturated carbocycles. The van der Waals surface area contributed by atoms with Crippen LogP contribution in [0.5, 0.6) is 0 Å². The van der Waals surface area contributed by atoms with E-state index in [1.807, 2.05) is 6.92 Å². The van der Waals surface area contributed by atoms with Gasteiger partial charge in [-0.1, -0.05) is 23.1 Å². The highest BCUT2D eigenvalue weighted by molar-refractivity contribution is 8.01. The van der Waals surface area contributed by atoms with Crippen molar-refractivity contribution in [3.8, 4) is 0 Å². The maximum atomic E-state index is 10.9. The Balaban J connectivity index is 2.43. The summed E-state index contributed by atoms with van der Waals surface area (Å²) >= 11 is 3.00. The van der Waals surface area contributed by atoms with Crippen molar-refractivity contribution in [1.29, 1.82) is 0 Å². The fourth-order valence-electron chi connectivity index (χ4n) is 0.799. The molecular formula is C7H12N4OS2. The maximum absolute atomic E-state index is 10.9. The second-order valence-electron chi connectivity index (χ2n) is 2.64. The minimum Gasteiger partial charge on any atom is -0.368 e. The number of amides is 1. The molecule has 1 rings (SSSR count). The number of nitrogens with two attached hydrogens (primary N) is 1. The lowest BCUT2D eigenvalue weighted by atomic mass is 10.3. The highest BCUT2D eigenvalue weighted by atomic mass is 32.2. The first-order valence-electron chi connectivity index (χ1n) is 4.03. The van der Waals surface area contributed by atoms with Crippen LogP contribution < -0.4 is 11.1 Å². The smallest absolute Gasteiger partial charge is 0.235 e. The average molecular weight is 232 g/mol. The van der Waals surface area contributed by atoms with E-state index < -0.39 is 0 Å². The van der Waals surface area contributed by atoms with Crippen LogP contribution in [0, 0.1) is 6.92 Å². The monoisotopic (exact) mass is 232 g/mol. The number of nitrogens with zero attached hydrogens (tertiary/aromatic N) is 2. The van der Waals surface area contributed by atoms with Crippen molar-refractivity contribution in [1.82, 2.24) is 15.5 Å². The second kappa shape index (κ2) is 5.28. The van der Waals surface area contributed by atoms with Gasteiger partial charge in [0, 0.05) is 5.75 Å². The molecular weight excluding hydrogens is 220 g/mol. The topological polar surface area (TPSA) is 80.9 Å². The summed E-state index contributed by atoms with van der Waals surface area (Å²) in [4.78, 5) is 10.9. The average Bonchev–Trinajstić information content (AvgIpc) is 2.52. The molecule has 1 aromatic rings. The molecule has 14 heavy (non-hydrogen) atoms.